The Morgan fingerprint density at radius 1 is 1.07 bits per heavy atom. The van der Waals surface area contributed by atoms with Crippen molar-refractivity contribution in [1.29, 1.82) is 0 Å². The number of fused-ring (bicyclic) bond motifs is 1. The highest BCUT2D eigenvalue weighted by Gasteiger charge is 2.51. The van der Waals surface area contributed by atoms with Crippen molar-refractivity contribution in [1.82, 2.24) is 0 Å². The van der Waals surface area contributed by atoms with Crippen molar-refractivity contribution in [2.75, 3.05) is 0 Å². The Hall–Kier alpha value is -1.51. The Morgan fingerprint density at radius 3 is 2.52 bits per heavy atom. The molecule has 1 aliphatic heterocycles. The van der Waals surface area contributed by atoms with Crippen LogP contribution in [-0.4, -0.2) is 63.2 Å². The van der Waals surface area contributed by atoms with Gasteiger partial charge in [0.1, 0.15) is 18.3 Å². The molecule has 0 spiro atoms. The van der Waals surface area contributed by atoms with Crippen LogP contribution in [0.2, 0.25) is 0 Å². The Balaban J connectivity index is 1.42. The number of hydrogen-bond donors (Lipinski definition) is 4. The Labute approximate surface area is 240 Å². The lowest BCUT2D eigenvalue weighted by molar-refractivity contribution is -0.304. The first kappa shape index (κ1) is 31.4. The van der Waals surface area contributed by atoms with Crippen molar-refractivity contribution in [3.8, 4) is 0 Å². The largest absolute Gasteiger partial charge is 0.479 e. The van der Waals surface area contributed by atoms with E-state index in [1.54, 1.807) is 5.57 Å². The van der Waals surface area contributed by atoms with Gasteiger partial charge in [-0.2, -0.15) is 0 Å². The number of carboxylic acid groups (broad SMARTS) is 1. The van der Waals surface area contributed by atoms with Gasteiger partial charge >= 0.3 is 5.97 Å². The average molecular weight is 561 g/mol. The zero-order chi connectivity index (χ0) is 29.2. The fraction of sp³-hybridized carbons (Fsp3) is 0.788. The second kappa shape index (κ2) is 13.2. The quantitative estimate of drug-likeness (QED) is 0.293. The van der Waals surface area contributed by atoms with E-state index < -0.39 is 36.7 Å². The highest BCUT2D eigenvalue weighted by Crippen LogP contribution is 2.60. The minimum absolute atomic E-state index is 0.314. The molecule has 3 aliphatic carbocycles. The number of rotatable bonds is 9. The van der Waals surface area contributed by atoms with Gasteiger partial charge in [0.15, 0.2) is 12.4 Å². The van der Waals surface area contributed by atoms with Crippen LogP contribution in [0.15, 0.2) is 35.5 Å². The first-order valence-corrected chi connectivity index (χ1v) is 15.6. The molecular weight excluding hydrogens is 508 g/mol. The van der Waals surface area contributed by atoms with Gasteiger partial charge in [-0.3, -0.25) is 0 Å². The highest BCUT2D eigenvalue weighted by molar-refractivity contribution is 5.73. The molecular formula is C33H52O7. The predicted octanol–water partition coefficient (Wildman–Crippen LogP) is 5.54. The minimum Gasteiger partial charge on any atom is -0.479 e. The fourth-order valence-corrected chi connectivity index (χ4v) is 8.11. The molecule has 0 aromatic rings. The van der Waals surface area contributed by atoms with E-state index in [1.165, 1.54) is 44.9 Å². The maximum atomic E-state index is 11.5. The van der Waals surface area contributed by atoms with Gasteiger partial charge in [0, 0.05) is 0 Å². The van der Waals surface area contributed by atoms with Gasteiger partial charge in [-0.25, -0.2) is 4.79 Å². The molecule has 1 saturated heterocycles. The second-order valence-electron chi connectivity index (χ2n) is 13.7. The summed E-state index contributed by atoms with van der Waals surface area (Å²) >= 11 is 0. The molecule has 0 aromatic carbocycles. The number of aliphatic hydroxyl groups is 3. The summed E-state index contributed by atoms with van der Waals surface area (Å²) in [4.78, 5) is 11.5. The van der Waals surface area contributed by atoms with E-state index in [2.05, 4.69) is 46.4 Å². The summed E-state index contributed by atoms with van der Waals surface area (Å²) in [5.41, 5.74) is 4.10. The van der Waals surface area contributed by atoms with Crippen molar-refractivity contribution in [3.05, 3.63) is 35.5 Å². The van der Waals surface area contributed by atoms with Crippen LogP contribution in [-0.2, 0) is 14.3 Å². The Morgan fingerprint density at radius 2 is 1.82 bits per heavy atom. The van der Waals surface area contributed by atoms with Crippen LogP contribution in [0.4, 0.5) is 0 Å². The molecule has 0 aromatic heterocycles. The molecule has 0 radical (unpaired) electrons. The summed E-state index contributed by atoms with van der Waals surface area (Å²) in [7, 11) is 0. The summed E-state index contributed by atoms with van der Waals surface area (Å²) in [5.74, 6) is 1.55. The molecule has 1 heterocycles. The van der Waals surface area contributed by atoms with Crippen LogP contribution in [0.5, 0.6) is 0 Å². The number of carbonyl (C=O) groups is 1. The van der Waals surface area contributed by atoms with E-state index in [4.69, 9.17) is 9.47 Å². The molecule has 7 nitrogen and oxygen atoms in total. The smallest absolute Gasteiger partial charge is 0.335 e. The Kier molecular flexibility index (Phi) is 10.4. The van der Waals surface area contributed by atoms with Crippen molar-refractivity contribution in [2.24, 2.45) is 29.1 Å². The van der Waals surface area contributed by atoms with E-state index in [0.717, 1.165) is 41.7 Å². The molecule has 0 bridgehead atoms. The number of allylic oxidation sites excluding steroid dienone is 4. The highest BCUT2D eigenvalue weighted by atomic mass is 16.7. The molecule has 226 valence electrons. The predicted molar refractivity (Wildman–Crippen MR) is 154 cm³/mol. The molecule has 4 fully saturated rings. The monoisotopic (exact) mass is 560 g/mol. The van der Waals surface area contributed by atoms with Crippen LogP contribution in [0, 0.1) is 29.1 Å². The molecule has 4 aliphatic rings. The van der Waals surface area contributed by atoms with Gasteiger partial charge in [-0.15, -0.1) is 0 Å². The standard InChI is InChI=1S/C33H52O7/c1-19(2)8-6-9-21(4)25-15-16-26-22(10-7-17-33(25,26)5)12-13-23-18-24(14-11-20(23)3)39-32-29(36)27(34)28(35)30(40-32)31(37)38/h12-13,19,21,24-30,32,34-36H,3,6-11,14-18H2,1-2,4-5H3,(H,37,38)/b22-12+,23-13-/t21-,24+,25-,26+,27+,28+,29-,30+,32-,33-/m1/s1. The summed E-state index contributed by atoms with van der Waals surface area (Å²) in [5, 5.41) is 39.8. The summed E-state index contributed by atoms with van der Waals surface area (Å²) in [6.45, 7) is 13.9. The number of hydrogen-bond acceptors (Lipinski definition) is 6. The van der Waals surface area contributed by atoms with E-state index in [1.807, 2.05) is 0 Å². The molecule has 4 N–H and O–H groups in total. The lowest BCUT2D eigenvalue weighted by Gasteiger charge is -2.44. The third kappa shape index (κ3) is 6.75. The van der Waals surface area contributed by atoms with Gasteiger partial charge in [-0.05, 0) is 86.0 Å². The number of ether oxygens (including phenoxy) is 2. The maximum absolute atomic E-state index is 11.5. The van der Waals surface area contributed by atoms with Gasteiger partial charge in [0.2, 0.25) is 0 Å². The third-order valence-corrected chi connectivity index (χ3v) is 10.5. The Bertz CT molecular complexity index is 970. The fourth-order valence-electron chi connectivity index (χ4n) is 8.11. The van der Waals surface area contributed by atoms with Crippen LogP contribution in [0.1, 0.15) is 98.3 Å². The first-order valence-electron chi connectivity index (χ1n) is 15.6. The third-order valence-electron chi connectivity index (χ3n) is 10.5. The SMILES string of the molecule is C=C1CC[C@H](O[C@@H]2O[C@H](C(=O)O)[C@@H](O)[C@H](O)[C@H]2O)C/C1=C/C=C1\CCC[C@]2(C)[C@@H]([C@H](C)CCCC(C)C)CC[C@@H]12. The van der Waals surface area contributed by atoms with Crippen molar-refractivity contribution >= 4 is 5.97 Å². The van der Waals surface area contributed by atoms with Crippen LogP contribution in [0.25, 0.3) is 0 Å². The first-order chi connectivity index (χ1) is 18.9. The molecule has 3 saturated carbocycles. The van der Waals surface area contributed by atoms with Crippen molar-refractivity contribution in [3.63, 3.8) is 0 Å². The normalized spacial score (nSPS) is 41.5. The topological polar surface area (TPSA) is 116 Å². The van der Waals surface area contributed by atoms with Gasteiger partial charge in [0.05, 0.1) is 6.10 Å². The minimum atomic E-state index is -1.72. The lowest BCUT2D eigenvalue weighted by Crippen LogP contribution is -2.60. The molecule has 10 atom stereocenters. The van der Waals surface area contributed by atoms with Crippen molar-refractivity contribution < 1.29 is 34.7 Å². The summed E-state index contributed by atoms with van der Waals surface area (Å²) in [6, 6.07) is 0. The second-order valence-corrected chi connectivity index (χ2v) is 13.7. The van der Waals surface area contributed by atoms with E-state index in [0.29, 0.717) is 24.2 Å². The molecule has 0 unspecified atom stereocenters. The molecule has 40 heavy (non-hydrogen) atoms. The van der Waals surface area contributed by atoms with E-state index >= 15 is 0 Å². The number of aliphatic hydroxyl groups excluding tert-OH is 3. The number of aliphatic carboxylic acids is 1. The van der Waals surface area contributed by atoms with E-state index in [9.17, 15) is 25.2 Å². The maximum Gasteiger partial charge on any atom is 0.335 e. The zero-order valence-corrected chi connectivity index (χ0v) is 24.9. The number of carboxylic acids is 1. The van der Waals surface area contributed by atoms with Crippen LogP contribution < -0.4 is 0 Å². The van der Waals surface area contributed by atoms with E-state index in [-0.39, 0.29) is 6.10 Å². The average Bonchev–Trinajstić information content (AvgIpc) is 3.26. The summed E-state index contributed by atoms with van der Waals surface area (Å²) < 4.78 is 11.3. The van der Waals surface area contributed by atoms with Crippen molar-refractivity contribution in [2.45, 2.75) is 135 Å². The lowest BCUT2D eigenvalue weighted by atomic mass is 9.60. The molecule has 4 rings (SSSR count). The zero-order valence-electron chi connectivity index (χ0n) is 24.9. The molecule has 7 heteroatoms. The van der Waals surface area contributed by atoms with Gasteiger partial charge < -0.3 is 29.9 Å². The molecule has 0 amide bonds. The summed E-state index contributed by atoms with van der Waals surface area (Å²) in [6.07, 6.45) is 8.55. The van der Waals surface area contributed by atoms with Gasteiger partial charge in [-0.1, -0.05) is 76.8 Å². The van der Waals surface area contributed by atoms with Crippen LogP contribution in [0.3, 0.4) is 0 Å². The van der Waals surface area contributed by atoms with Crippen LogP contribution >= 0.6 is 0 Å². The van der Waals surface area contributed by atoms with Gasteiger partial charge in [0.25, 0.3) is 0 Å².